The molecule has 1 aromatic carbocycles. The Morgan fingerprint density at radius 1 is 1.19 bits per heavy atom. The van der Waals surface area contributed by atoms with Crippen molar-refractivity contribution in [3.8, 4) is 0 Å². The van der Waals surface area contributed by atoms with Gasteiger partial charge in [-0.1, -0.05) is 23.2 Å². The van der Waals surface area contributed by atoms with Gasteiger partial charge in [0.15, 0.2) is 5.78 Å². The molecule has 1 fully saturated rings. The Labute approximate surface area is 104 Å². The van der Waals surface area contributed by atoms with Gasteiger partial charge in [-0.15, -0.1) is 0 Å². The fourth-order valence-electron chi connectivity index (χ4n) is 1.78. The molecule has 0 unspecified atom stereocenters. The number of halogens is 2. The summed E-state index contributed by atoms with van der Waals surface area (Å²) in [6, 6.07) is 4.71. The molecule has 0 radical (unpaired) electrons. The first kappa shape index (κ1) is 11.6. The lowest BCUT2D eigenvalue weighted by atomic mass is 9.91. The van der Waals surface area contributed by atoms with Gasteiger partial charge >= 0.3 is 0 Å². The fraction of sp³-hybridized carbons (Fsp3) is 0.333. The van der Waals surface area contributed by atoms with E-state index in [0.29, 0.717) is 28.5 Å². The molecule has 16 heavy (non-hydrogen) atoms. The summed E-state index contributed by atoms with van der Waals surface area (Å²) in [6.45, 7) is 1.46. The minimum absolute atomic E-state index is 0.0661. The van der Waals surface area contributed by atoms with E-state index in [2.05, 4.69) is 0 Å². The van der Waals surface area contributed by atoms with Crippen molar-refractivity contribution in [2.75, 3.05) is 0 Å². The van der Waals surface area contributed by atoms with Gasteiger partial charge in [0.05, 0.1) is 15.5 Å². The summed E-state index contributed by atoms with van der Waals surface area (Å²) in [5.74, 6) is -0.206. The van der Waals surface area contributed by atoms with E-state index in [4.69, 9.17) is 23.2 Å². The minimum atomic E-state index is -0.781. The molecule has 0 amide bonds. The normalized spacial score (nSPS) is 16.9. The second kappa shape index (κ2) is 3.86. The average Bonchev–Trinajstić information content (AvgIpc) is 3.02. The quantitative estimate of drug-likeness (QED) is 0.613. The molecule has 84 valence electrons. The number of carbonyl (C=O) groups is 2. The zero-order chi connectivity index (χ0) is 11.9. The Kier molecular flexibility index (Phi) is 2.81. The lowest BCUT2D eigenvalue weighted by Gasteiger charge is -2.10. The molecule has 1 aliphatic carbocycles. The van der Waals surface area contributed by atoms with Crippen molar-refractivity contribution in [3.63, 3.8) is 0 Å². The predicted octanol–water partition coefficient (Wildman–Crippen LogP) is 3.55. The lowest BCUT2D eigenvalue weighted by molar-refractivity contribution is -0.120. The molecule has 1 aliphatic rings. The van der Waals surface area contributed by atoms with Crippen LogP contribution in [0.4, 0.5) is 0 Å². The zero-order valence-electron chi connectivity index (χ0n) is 8.72. The van der Waals surface area contributed by atoms with E-state index in [9.17, 15) is 9.59 Å². The van der Waals surface area contributed by atoms with E-state index in [1.165, 1.54) is 13.0 Å². The number of ketones is 2. The van der Waals surface area contributed by atoms with Crippen LogP contribution in [0, 0.1) is 5.41 Å². The van der Waals surface area contributed by atoms with Gasteiger partial charge in [0.2, 0.25) is 0 Å². The van der Waals surface area contributed by atoms with Gasteiger partial charge in [0, 0.05) is 5.56 Å². The van der Waals surface area contributed by atoms with Crippen molar-refractivity contribution in [3.05, 3.63) is 33.8 Å². The van der Waals surface area contributed by atoms with Crippen LogP contribution >= 0.6 is 23.2 Å². The van der Waals surface area contributed by atoms with Crippen LogP contribution in [0.5, 0.6) is 0 Å². The molecule has 1 aromatic rings. The van der Waals surface area contributed by atoms with Gasteiger partial charge in [0.25, 0.3) is 0 Å². The molecule has 0 N–H and O–H groups in total. The van der Waals surface area contributed by atoms with E-state index in [1.54, 1.807) is 12.1 Å². The summed E-state index contributed by atoms with van der Waals surface area (Å²) in [5.41, 5.74) is -0.320. The van der Waals surface area contributed by atoms with Gasteiger partial charge < -0.3 is 0 Å². The van der Waals surface area contributed by atoms with Crippen molar-refractivity contribution in [1.82, 2.24) is 0 Å². The van der Waals surface area contributed by atoms with Gasteiger partial charge in [0.1, 0.15) is 5.78 Å². The molecule has 0 atom stereocenters. The van der Waals surface area contributed by atoms with E-state index in [-0.39, 0.29) is 11.6 Å². The minimum Gasteiger partial charge on any atom is -0.299 e. The number of hydrogen-bond acceptors (Lipinski definition) is 2. The number of carbonyl (C=O) groups excluding carboxylic acids is 2. The van der Waals surface area contributed by atoms with Crippen molar-refractivity contribution < 1.29 is 9.59 Å². The van der Waals surface area contributed by atoms with Crippen molar-refractivity contribution in [1.29, 1.82) is 0 Å². The number of Topliss-reactive ketones (excluding diaryl/α,β-unsaturated/α-hetero) is 2. The molecule has 0 saturated heterocycles. The Morgan fingerprint density at radius 3 is 2.25 bits per heavy atom. The van der Waals surface area contributed by atoms with Crippen LogP contribution in [-0.4, -0.2) is 11.6 Å². The van der Waals surface area contributed by atoms with Crippen LogP contribution < -0.4 is 0 Å². The van der Waals surface area contributed by atoms with Crippen molar-refractivity contribution in [2.24, 2.45) is 5.41 Å². The van der Waals surface area contributed by atoms with Crippen molar-refractivity contribution >= 4 is 34.8 Å². The van der Waals surface area contributed by atoms with Crippen molar-refractivity contribution in [2.45, 2.75) is 19.8 Å². The first-order chi connectivity index (χ1) is 7.47. The molecule has 0 heterocycles. The number of benzene rings is 1. The number of rotatable bonds is 3. The van der Waals surface area contributed by atoms with Gasteiger partial charge in [-0.25, -0.2) is 0 Å². The second-order valence-corrected chi connectivity index (χ2v) is 4.91. The maximum absolute atomic E-state index is 12.1. The predicted molar refractivity (Wildman–Crippen MR) is 63.1 cm³/mol. The summed E-state index contributed by atoms with van der Waals surface area (Å²) in [5, 5.41) is 0.748. The Balaban J connectivity index is 2.35. The molecule has 2 nitrogen and oxygen atoms in total. The summed E-state index contributed by atoms with van der Waals surface area (Å²) in [7, 11) is 0. The summed E-state index contributed by atoms with van der Waals surface area (Å²) >= 11 is 11.6. The molecular weight excluding hydrogens is 247 g/mol. The molecular formula is C12H10Cl2O2. The van der Waals surface area contributed by atoms with Crippen LogP contribution in [0.2, 0.25) is 10.0 Å². The van der Waals surface area contributed by atoms with Crippen LogP contribution in [0.15, 0.2) is 18.2 Å². The maximum atomic E-state index is 12.1. The molecule has 0 bridgehead atoms. The average molecular weight is 257 g/mol. The monoisotopic (exact) mass is 256 g/mol. The fourth-order valence-corrected chi connectivity index (χ4v) is 2.08. The standard InChI is InChI=1S/C12H10Cl2O2/c1-7(15)12(4-5-12)11(16)8-2-3-9(13)10(14)6-8/h2-3,6H,4-5H2,1H3. The highest BCUT2D eigenvalue weighted by atomic mass is 35.5. The zero-order valence-corrected chi connectivity index (χ0v) is 10.2. The van der Waals surface area contributed by atoms with Gasteiger partial charge in [-0.2, -0.15) is 0 Å². The van der Waals surface area contributed by atoms with E-state index < -0.39 is 5.41 Å². The molecule has 0 aliphatic heterocycles. The first-order valence-corrected chi connectivity index (χ1v) is 5.74. The highest BCUT2D eigenvalue weighted by Crippen LogP contribution is 2.49. The first-order valence-electron chi connectivity index (χ1n) is 4.98. The van der Waals surface area contributed by atoms with Crippen LogP contribution in [-0.2, 0) is 4.79 Å². The van der Waals surface area contributed by atoms with Gasteiger partial charge in [-0.05, 0) is 38.0 Å². The van der Waals surface area contributed by atoms with Crippen LogP contribution in [0.1, 0.15) is 30.1 Å². The van der Waals surface area contributed by atoms with E-state index in [1.807, 2.05) is 0 Å². The number of hydrogen-bond donors (Lipinski definition) is 0. The molecule has 1 saturated carbocycles. The SMILES string of the molecule is CC(=O)C1(C(=O)c2ccc(Cl)c(Cl)c2)CC1. The summed E-state index contributed by atoms with van der Waals surface area (Å²) < 4.78 is 0. The molecule has 2 rings (SSSR count). The Morgan fingerprint density at radius 2 is 1.81 bits per heavy atom. The van der Waals surface area contributed by atoms with E-state index in [0.717, 1.165) is 0 Å². The highest BCUT2D eigenvalue weighted by Gasteiger charge is 2.53. The molecule has 0 aromatic heterocycles. The van der Waals surface area contributed by atoms with E-state index >= 15 is 0 Å². The maximum Gasteiger partial charge on any atom is 0.176 e. The largest absolute Gasteiger partial charge is 0.299 e. The summed E-state index contributed by atoms with van der Waals surface area (Å²) in [6.07, 6.45) is 1.28. The Hall–Kier alpha value is -0.860. The summed E-state index contributed by atoms with van der Waals surface area (Å²) in [4.78, 5) is 23.5. The van der Waals surface area contributed by atoms with Gasteiger partial charge in [-0.3, -0.25) is 9.59 Å². The third kappa shape index (κ3) is 1.76. The topological polar surface area (TPSA) is 34.1 Å². The molecule has 4 heteroatoms. The third-order valence-electron chi connectivity index (χ3n) is 3.04. The van der Waals surface area contributed by atoms with Crippen LogP contribution in [0.3, 0.4) is 0 Å². The smallest absolute Gasteiger partial charge is 0.176 e. The lowest BCUT2D eigenvalue weighted by Crippen LogP contribution is -2.23. The van der Waals surface area contributed by atoms with Crippen LogP contribution in [0.25, 0.3) is 0 Å². The Bertz CT molecular complexity index is 476. The third-order valence-corrected chi connectivity index (χ3v) is 3.78. The molecule has 0 spiro atoms. The highest BCUT2D eigenvalue weighted by molar-refractivity contribution is 6.42. The second-order valence-electron chi connectivity index (χ2n) is 4.10.